The molecule has 0 aromatic heterocycles. The van der Waals surface area contributed by atoms with Crippen LogP contribution in [0.25, 0.3) is 6.08 Å². The van der Waals surface area contributed by atoms with Crippen LogP contribution in [0.15, 0.2) is 36.4 Å². The van der Waals surface area contributed by atoms with Gasteiger partial charge in [0.25, 0.3) is 17.5 Å². The quantitative estimate of drug-likeness (QED) is 0.225. The molecule has 0 unspecified atom stereocenters. The molecular formula is C14H10FN3O4S. The molecule has 0 radical (unpaired) electrons. The Labute approximate surface area is 135 Å². The molecule has 1 heterocycles. The number of thiocarbonyl (C=S) groups is 1. The van der Waals surface area contributed by atoms with E-state index in [2.05, 4.69) is 11.9 Å². The number of halogens is 1. The number of hydrogen-bond acceptors (Lipinski definition) is 5. The largest absolute Gasteiger partial charge is 0.298 e. The van der Waals surface area contributed by atoms with Gasteiger partial charge in [-0.3, -0.25) is 29.9 Å². The molecule has 0 bridgehead atoms. The number of carbonyl (C=O) groups is 2. The minimum atomic E-state index is -0.807. The van der Waals surface area contributed by atoms with Gasteiger partial charge < -0.3 is 0 Å². The van der Waals surface area contributed by atoms with Crippen LogP contribution in [0.5, 0.6) is 0 Å². The van der Waals surface area contributed by atoms with Crippen LogP contribution in [0.2, 0.25) is 0 Å². The molecule has 7 nitrogen and oxygen atoms in total. The second-order valence-corrected chi connectivity index (χ2v) is 4.87. The molecule has 118 valence electrons. The molecule has 1 aromatic carbocycles. The number of carbonyl (C=O) groups excluding carboxylic acids is 2. The van der Waals surface area contributed by atoms with Gasteiger partial charge in [-0.15, -0.1) is 6.58 Å². The Morgan fingerprint density at radius 2 is 2.13 bits per heavy atom. The van der Waals surface area contributed by atoms with Gasteiger partial charge in [-0.1, -0.05) is 6.08 Å². The van der Waals surface area contributed by atoms with Gasteiger partial charge >= 0.3 is 0 Å². The molecule has 2 amide bonds. The number of hydrogen-bond donors (Lipinski definition) is 1. The van der Waals surface area contributed by atoms with E-state index in [1.54, 1.807) is 0 Å². The predicted molar refractivity (Wildman–Crippen MR) is 83.7 cm³/mol. The van der Waals surface area contributed by atoms with Crippen LogP contribution < -0.4 is 5.32 Å². The van der Waals surface area contributed by atoms with Gasteiger partial charge in [0.2, 0.25) is 0 Å². The van der Waals surface area contributed by atoms with Crippen molar-refractivity contribution in [3.63, 3.8) is 0 Å². The molecule has 1 aromatic rings. The summed E-state index contributed by atoms with van der Waals surface area (Å²) in [7, 11) is 0. The number of nitrogens with zero attached hydrogens (tertiary/aromatic N) is 2. The van der Waals surface area contributed by atoms with Crippen LogP contribution >= 0.6 is 12.2 Å². The number of nitrogens with one attached hydrogen (secondary N) is 1. The van der Waals surface area contributed by atoms with Gasteiger partial charge in [-0.2, -0.15) is 0 Å². The van der Waals surface area contributed by atoms with Gasteiger partial charge in [0.05, 0.1) is 10.5 Å². The summed E-state index contributed by atoms with van der Waals surface area (Å²) in [5.41, 5.74) is -1.00. The van der Waals surface area contributed by atoms with E-state index in [4.69, 9.17) is 12.2 Å². The van der Waals surface area contributed by atoms with Crippen molar-refractivity contribution in [1.29, 1.82) is 0 Å². The maximum absolute atomic E-state index is 13.3. The number of rotatable bonds is 4. The summed E-state index contributed by atoms with van der Waals surface area (Å²) in [5.74, 6) is -2.28. The Kier molecular flexibility index (Phi) is 4.60. The van der Waals surface area contributed by atoms with E-state index in [1.165, 1.54) is 6.08 Å². The molecule has 1 fully saturated rings. The molecule has 9 heteroatoms. The summed E-state index contributed by atoms with van der Waals surface area (Å²) >= 11 is 4.88. The number of amides is 2. The van der Waals surface area contributed by atoms with Crippen molar-refractivity contribution >= 4 is 40.9 Å². The van der Waals surface area contributed by atoms with Gasteiger partial charge in [-0.25, -0.2) is 4.39 Å². The topological polar surface area (TPSA) is 92.6 Å². The Hall–Kier alpha value is -2.94. The van der Waals surface area contributed by atoms with E-state index >= 15 is 0 Å². The highest BCUT2D eigenvalue weighted by atomic mass is 32.1. The van der Waals surface area contributed by atoms with Crippen LogP contribution in [0.4, 0.5) is 10.1 Å². The number of nitro benzene ring substituents is 1. The van der Waals surface area contributed by atoms with E-state index in [-0.39, 0.29) is 22.8 Å². The van der Waals surface area contributed by atoms with Crippen LogP contribution in [-0.4, -0.2) is 33.3 Å². The van der Waals surface area contributed by atoms with Crippen LogP contribution in [-0.2, 0) is 9.59 Å². The summed E-state index contributed by atoms with van der Waals surface area (Å²) in [6, 6.07) is 2.75. The third-order valence-electron chi connectivity index (χ3n) is 2.98. The highest BCUT2D eigenvalue weighted by Crippen LogP contribution is 2.24. The zero-order valence-electron chi connectivity index (χ0n) is 11.6. The van der Waals surface area contributed by atoms with E-state index in [0.717, 1.165) is 29.2 Å². The van der Waals surface area contributed by atoms with Crippen molar-refractivity contribution in [3.8, 4) is 0 Å². The van der Waals surface area contributed by atoms with Gasteiger partial charge in [0.1, 0.15) is 11.4 Å². The van der Waals surface area contributed by atoms with Crippen molar-refractivity contribution in [3.05, 3.63) is 57.9 Å². The fourth-order valence-electron chi connectivity index (χ4n) is 1.95. The third-order valence-corrected chi connectivity index (χ3v) is 3.31. The molecular weight excluding hydrogens is 325 g/mol. The van der Waals surface area contributed by atoms with Crippen LogP contribution in [0.1, 0.15) is 5.56 Å². The number of benzene rings is 1. The molecule has 0 saturated carbocycles. The Balaban J connectivity index is 2.53. The number of nitro groups is 1. The molecule has 0 atom stereocenters. The lowest BCUT2D eigenvalue weighted by molar-refractivity contribution is -0.385. The highest BCUT2D eigenvalue weighted by Gasteiger charge is 2.33. The summed E-state index contributed by atoms with van der Waals surface area (Å²) in [6.45, 7) is 3.53. The summed E-state index contributed by atoms with van der Waals surface area (Å²) in [6.07, 6.45) is 2.38. The molecule has 2 rings (SSSR count). The van der Waals surface area contributed by atoms with Gasteiger partial charge in [0, 0.05) is 12.6 Å². The molecule has 1 aliphatic rings. The van der Waals surface area contributed by atoms with E-state index in [9.17, 15) is 24.1 Å². The van der Waals surface area contributed by atoms with Crippen molar-refractivity contribution in [1.82, 2.24) is 10.2 Å². The molecule has 1 aliphatic heterocycles. The van der Waals surface area contributed by atoms with Crippen LogP contribution in [0.3, 0.4) is 0 Å². The maximum Gasteiger partial charge on any atom is 0.276 e. The lowest BCUT2D eigenvalue weighted by Crippen LogP contribution is -2.53. The first-order valence-electron chi connectivity index (χ1n) is 6.29. The summed E-state index contributed by atoms with van der Waals surface area (Å²) in [4.78, 5) is 35.6. The molecule has 1 saturated heterocycles. The average molecular weight is 335 g/mol. The van der Waals surface area contributed by atoms with Crippen molar-refractivity contribution < 1.29 is 18.9 Å². The third kappa shape index (κ3) is 3.29. The first-order chi connectivity index (χ1) is 10.8. The summed E-state index contributed by atoms with van der Waals surface area (Å²) < 4.78 is 13.3. The normalized spacial score (nSPS) is 16.5. The minimum Gasteiger partial charge on any atom is -0.298 e. The zero-order valence-corrected chi connectivity index (χ0v) is 12.4. The maximum atomic E-state index is 13.3. The first-order valence-corrected chi connectivity index (χ1v) is 6.69. The zero-order chi connectivity index (χ0) is 17.1. The van der Waals surface area contributed by atoms with Crippen molar-refractivity contribution in [2.45, 2.75) is 0 Å². The second-order valence-electron chi connectivity index (χ2n) is 4.48. The van der Waals surface area contributed by atoms with Crippen molar-refractivity contribution in [2.75, 3.05) is 6.54 Å². The van der Waals surface area contributed by atoms with E-state index < -0.39 is 28.2 Å². The molecule has 0 spiro atoms. The van der Waals surface area contributed by atoms with Crippen LogP contribution in [0, 0.1) is 15.9 Å². The Morgan fingerprint density at radius 1 is 1.43 bits per heavy atom. The Morgan fingerprint density at radius 3 is 2.74 bits per heavy atom. The molecule has 1 N–H and O–H groups in total. The average Bonchev–Trinajstić information content (AvgIpc) is 2.47. The fourth-order valence-corrected chi connectivity index (χ4v) is 2.20. The van der Waals surface area contributed by atoms with E-state index in [0.29, 0.717) is 0 Å². The molecule has 0 aliphatic carbocycles. The SMILES string of the molecule is C=CCN1C(=O)/C(=C/c2cc(F)ccc2[N+](=O)[O-])C(=O)NC1=S. The van der Waals surface area contributed by atoms with Crippen molar-refractivity contribution in [2.24, 2.45) is 0 Å². The Bertz CT molecular complexity index is 775. The first kappa shape index (κ1) is 16.4. The summed E-state index contributed by atoms with van der Waals surface area (Å²) in [5, 5.41) is 13.2. The lowest BCUT2D eigenvalue weighted by atomic mass is 10.1. The minimum absolute atomic E-state index is 0.0561. The molecule has 23 heavy (non-hydrogen) atoms. The predicted octanol–water partition coefficient (Wildman–Crippen LogP) is 1.55. The van der Waals surface area contributed by atoms with E-state index in [1.807, 2.05) is 0 Å². The lowest BCUT2D eigenvalue weighted by Gasteiger charge is -2.27. The van der Waals surface area contributed by atoms with Gasteiger partial charge in [0.15, 0.2) is 5.11 Å². The fraction of sp³-hybridized carbons (Fsp3) is 0.0714. The van der Waals surface area contributed by atoms with Gasteiger partial charge in [-0.05, 0) is 30.4 Å². The monoisotopic (exact) mass is 335 g/mol. The highest BCUT2D eigenvalue weighted by molar-refractivity contribution is 7.80. The second kappa shape index (κ2) is 6.44. The smallest absolute Gasteiger partial charge is 0.276 e. The standard InChI is InChI=1S/C14H10FN3O4S/c1-2-5-17-13(20)10(12(19)16-14(17)23)7-8-6-9(15)3-4-11(8)18(21)22/h2-4,6-7H,1,5H2,(H,16,19,23)/b10-7+.